The van der Waals surface area contributed by atoms with Crippen molar-refractivity contribution in [3.63, 3.8) is 0 Å². The normalized spacial score (nSPS) is 11.2. The van der Waals surface area contributed by atoms with Crippen LogP contribution in [-0.4, -0.2) is 15.6 Å². The molecule has 0 aliphatic heterocycles. The minimum absolute atomic E-state index is 0.0427. The van der Waals surface area contributed by atoms with E-state index in [9.17, 15) is 9.59 Å². The number of aromatic carboxylic acids is 1. The molecule has 100 valence electrons. The lowest BCUT2D eigenvalue weighted by molar-refractivity contribution is 0.0695. The van der Waals surface area contributed by atoms with Crippen LogP contribution < -0.4 is 5.43 Å². The number of pyridine rings is 1. The number of benzene rings is 1. The van der Waals surface area contributed by atoms with Gasteiger partial charge < -0.3 is 9.67 Å². The van der Waals surface area contributed by atoms with Gasteiger partial charge >= 0.3 is 5.97 Å². The summed E-state index contributed by atoms with van der Waals surface area (Å²) in [6.07, 6.45) is 1.40. The van der Waals surface area contributed by atoms with E-state index in [1.165, 1.54) is 12.3 Å². The number of aryl methyl sites for hydroxylation is 1. The van der Waals surface area contributed by atoms with Gasteiger partial charge in [-0.05, 0) is 38.5 Å². The molecule has 19 heavy (non-hydrogen) atoms. The van der Waals surface area contributed by atoms with Crippen molar-refractivity contribution in [3.05, 3.63) is 44.7 Å². The summed E-state index contributed by atoms with van der Waals surface area (Å²) in [5.41, 5.74) is 0.854. The highest BCUT2D eigenvalue weighted by Gasteiger charge is 2.17. The fraction of sp³-hybridized carbons (Fsp3) is 0.286. The van der Waals surface area contributed by atoms with Gasteiger partial charge in [0, 0.05) is 22.6 Å². The summed E-state index contributed by atoms with van der Waals surface area (Å²) in [6, 6.07) is 3.33. The van der Waals surface area contributed by atoms with E-state index in [0.29, 0.717) is 10.4 Å². The Morgan fingerprint density at radius 1 is 1.37 bits per heavy atom. The highest BCUT2D eigenvalue weighted by molar-refractivity contribution is 6.31. The number of carbonyl (C=O) groups is 1. The fourth-order valence-corrected chi connectivity index (χ4v) is 2.49. The number of fused-ring (bicyclic) bond motifs is 1. The van der Waals surface area contributed by atoms with Crippen LogP contribution in [0.15, 0.2) is 23.1 Å². The Bertz CT molecular complexity index is 732. The lowest BCUT2D eigenvalue weighted by atomic mass is 10.1. The van der Waals surface area contributed by atoms with Crippen molar-refractivity contribution in [3.8, 4) is 0 Å². The van der Waals surface area contributed by atoms with Crippen LogP contribution in [0, 0.1) is 6.92 Å². The molecule has 0 bridgehead atoms. The van der Waals surface area contributed by atoms with Gasteiger partial charge in [0.1, 0.15) is 5.56 Å². The van der Waals surface area contributed by atoms with Crippen molar-refractivity contribution in [1.29, 1.82) is 0 Å². The van der Waals surface area contributed by atoms with Crippen LogP contribution in [0.1, 0.15) is 35.8 Å². The van der Waals surface area contributed by atoms with Crippen LogP contribution in [-0.2, 0) is 0 Å². The van der Waals surface area contributed by atoms with Crippen molar-refractivity contribution in [2.75, 3.05) is 0 Å². The molecule has 0 unspecified atom stereocenters. The molecule has 2 aromatic rings. The van der Waals surface area contributed by atoms with Gasteiger partial charge in [-0.25, -0.2) is 4.79 Å². The molecule has 0 aliphatic carbocycles. The Morgan fingerprint density at radius 2 is 2.00 bits per heavy atom. The van der Waals surface area contributed by atoms with Gasteiger partial charge in [-0.2, -0.15) is 0 Å². The summed E-state index contributed by atoms with van der Waals surface area (Å²) in [6.45, 7) is 5.72. The summed E-state index contributed by atoms with van der Waals surface area (Å²) < 4.78 is 1.80. The van der Waals surface area contributed by atoms with Gasteiger partial charge in [-0.1, -0.05) is 11.6 Å². The minimum atomic E-state index is -1.22. The highest BCUT2D eigenvalue weighted by Crippen LogP contribution is 2.24. The predicted molar refractivity (Wildman–Crippen MR) is 75.3 cm³/mol. The molecule has 1 aromatic heterocycles. The summed E-state index contributed by atoms with van der Waals surface area (Å²) in [4.78, 5) is 23.4. The lowest BCUT2D eigenvalue weighted by Gasteiger charge is -2.17. The number of rotatable bonds is 2. The highest BCUT2D eigenvalue weighted by atomic mass is 35.5. The van der Waals surface area contributed by atoms with Gasteiger partial charge in [0.05, 0.1) is 5.52 Å². The Balaban J connectivity index is 3.05. The fourth-order valence-electron chi connectivity index (χ4n) is 2.22. The van der Waals surface area contributed by atoms with E-state index in [4.69, 9.17) is 16.7 Å². The largest absolute Gasteiger partial charge is 0.477 e. The maximum Gasteiger partial charge on any atom is 0.341 e. The molecule has 0 saturated carbocycles. The first-order chi connectivity index (χ1) is 8.82. The van der Waals surface area contributed by atoms with Gasteiger partial charge in [0.15, 0.2) is 0 Å². The molecular formula is C14H14ClNO3. The maximum atomic E-state index is 12.2. The summed E-state index contributed by atoms with van der Waals surface area (Å²) in [5.74, 6) is -1.22. The van der Waals surface area contributed by atoms with E-state index in [1.54, 1.807) is 10.6 Å². The molecule has 1 heterocycles. The van der Waals surface area contributed by atoms with E-state index in [0.717, 1.165) is 11.1 Å². The zero-order chi connectivity index (χ0) is 14.3. The Morgan fingerprint density at radius 3 is 2.53 bits per heavy atom. The van der Waals surface area contributed by atoms with E-state index < -0.39 is 11.4 Å². The molecule has 0 spiro atoms. The third-order valence-corrected chi connectivity index (χ3v) is 3.29. The first-order valence-electron chi connectivity index (χ1n) is 5.91. The summed E-state index contributed by atoms with van der Waals surface area (Å²) in [5, 5.41) is 9.90. The second kappa shape index (κ2) is 4.70. The molecule has 0 radical (unpaired) electrons. The van der Waals surface area contributed by atoms with Crippen LogP contribution in [0.2, 0.25) is 5.02 Å². The second-order valence-electron chi connectivity index (χ2n) is 4.80. The Hall–Kier alpha value is -1.81. The molecule has 0 aliphatic rings. The summed E-state index contributed by atoms with van der Waals surface area (Å²) >= 11 is 5.96. The number of hydrogen-bond acceptors (Lipinski definition) is 2. The first-order valence-corrected chi connectivity index (χ1v) is 6.29. The van der Waals surface area contributed by atoms with Gasteiger partial charge in [0.2, 0.25) is 5.43 Å². The average Bonchev–Trinajstić information content (AvgIpc) is 2.29. The van der Waals surface area contributed by atoms with E-state index in [2.05, 4.69) is 0 Å². The van der Waals surface area contributed by atoms with E-state index in [1.807, 2.05) is 20.8 Å². The monoisotopic (exact) mass is 279 g/mol. The Labute approximate surface area is 115 Å². The molecule has 5 heteroatoms. The number of nitrogens with zero attached hydrogens (tertiary/aromatic N) is 1. The van der Waals surface area contributed by atoms with Crippen LogP contribution in [0.4, 0.5) is 0 Å². The van der Waals surface area contributed by atoms with Crippen LogP contribution in [0.5, 0.6) is 0 Å². The molecule has 1 N–H and O–H groups in total. The third kappa shape index (κ3) is 2.24. The molecule has 0 amide bonds. The number of halogens is 1. The number of carboxylic acid groups (broad SMARTS) is 1. The van der Waals surface area contributed by atoms with Gasteiger partial charge in [0.25, 0.3) is 0 Å². The molecular weight excluding hydrogens is 266 g/mol. The predicted octanol–water partition coefficient (Wildman–Crippen LogP) is 3.24. The number of aromatic nitrogens is 1. The van der Waals surface area contributed by atoms with Crippen molar-refractivity contribution in [1.82, 2.24) is 4.57 Å². The SMILES string of the molecule is Cc1cc(Cl)cc2c(=O)c(C(=O)O)cn(C(C)C)c12. The molecule has 0 fully saturated rings. The molecule has 1 aromatic carbocycles. The third-order valence-electron chi connectivity index (χ3n) is 3.07. The van der Waals surface area contributed by atoms with E-state index >= 15 is 0 Å². The number of carboxylic acids is 1. The molecule has 2 rings (SSSR count). The number of hydrogen-bond donors (Lipinski definition) is 1. The van der Waals surface area contributed by atoms with Crippen molar-refractivity contribution in [2.45, 2.75) is 26.8 Å². The standard InChI is InChI=1S/C14H14ClNO3/c1-7(2)16-6-11(14(18)19)13(17)10-5-9(15)4-8(3)12(10)16/h4-7H,1-3H3,(H,18,19). The van der Waals surface area contributed by atoms with E-state index in [-0.39, 0.29) is 11.6 Å². The van der Waals surface area contributed by atoms with Crippen molar-refractivity contribution < 1.29 is 9.90 Å². The Kier molecular flexibility index (Phi) is 3.37. The van der Waals surface area contributed by atoms with Crippen LogP contribution in [0.25, 0.3) is 10.9 Å². The van der Waals surface area contributed by atoms with Gasteiger partial charge in [-0.15, -0.1) is 0 Å². The van der Waals surface area contributed by atoms with Gasteiger partial charge in [-0.3, -0.25) is 4.79 Å². The lowest BCUT2D eigenvalue weighted by Crippen LogP contribution is -2.20. The molecule has 0 saturated heterocycles. The van der Waals surface area contributed by atoms with Crippen molar-refractivity contribution >= 4 is 28.5 Å². The summed E-state index contributed by atoms with van der Waals surface area (Å²) in [7, 11) is 0. The topological polar surface area (TPSA) is 59.3 Å². The zero-order valence-electron chi connectivity index (χ0n) is 10.9. The smallest absolute Gasteiger partial charge is 0.341 e. The molecule has 0 atom stereocenters. The second-order valence-corrected chi connectivity index (χ2v) is 5.23. The minimum Gasteiger partial charge on any atom is -0.477 e. The first kappa shape index (κ1) is 13.6. The van der Waals surface area contributed by atoms with Crippen LogP contribution in [0.3, 0.4) is 0 Å². The van der Waals surface area contributed by atoms with Crippen LogP contribution >= 0.6 is 11.6 Å². The zero-order valence-corrected chi connectivity index (χ0v) is 11.7. The van der Waals surface area contributed by atoms with Crippen molar-refractivity contribution in [2.24, 2.45) is 0 Å². The quantitative estimate of drug-likeness (QED) is 0.918. The maximum absolute atomic E-state index is 12.2. The molecule has 4 nitrogen and oxygen atoms in total. The average molecular weight is 280 g/mol.